The zero-order chi connectivity index (χ0) is 15.4. The van der Waals surface area contributed by atoms with Gasteiger partial charge in [-0.15, -0.1) is 0 Å². The minimum absolute atomic E-state index is 0.0845. The molecule has 0 aromatic heterocycles. The quantitative estimate of drug-likeness (QED) is 0.844. The Morgan fingerprint density at radius 2 is 1.91 bits per heavy atom. The summed E-state index contributed by atoms with van der Waals surface area (Å²) < 4.78 is 0. The van der Waals surface area contributed by atoms with Crippen molar-refractivity contribution >= 4 is 17.3 Å². The lowest BCUT2D eigenvalue weighted by Gasteiger charge is -2.33. The molecule has 1 aliphatic heterocycles. The number of aliphatic hydroxyl groups is 1. The second kappa shape index (κ2) is 6.97. The van der Waals surface area contributed by atoms with Crippen LogP contribution in [0.4, 0.5) is 11.4 Å². The van der Waals surface area contributed by atoms with Crippen LogP contribution in [0, 0.1) is 5.92 Å². The number of hydrogen-bond donors (Lipinski definition) is 2. The first-order chi connectivity index (χ1) is 10.7. The molecule has 2 N–H and O–H groups in total. The molecule has 1 atom stereocenters. The van der Waals surface area contributed by atoms with Crippen LogP contribution in [0.3, 0.4) is 0 Å². The summed E-state index contributed by atoms with van der Waals surface area (Å²) in [6, 6.07) is 7.98. The van der Waals surface area contributed by atoms with Gasteiger partial charge in [0.15, 0.2) is 0 Å². The average molecular weight is 300 g/mol. The van der Waals surface area contributed by atoms with E-state index in [0.29, 0.717) is 0 Å². The Hall–Kier alpha value is -1.81. The molecule has 1 amide bonds. The van der Waals surface area contributed by atoms with Crippen LogP contribution >= 0.6 is 0 Å². The third-order valence-electron chi connectivity index (χ3n) is 4.61. The van der Waals surface area contributed by atoms with Gasteiger partial charge in [-0.25, -0.2) is 0 Å². The number of carbonyl (C=O) groups excluding carboxylic acids is 1. The summed E-state index contributed by atoms with van der Waals surface area (Å²) in [5, 5.41) is 12.8. The topological polar surface area (TPSA) is 52.6 Å². The third-order valence-corrected chi connectivity index (χ3v) is 4.61. The normalized spacial score (nSPS) is 22.6. The SMILES string of the molecule is O=C(Nc1ccccc1N1CCC(O)CC1)C1CC=CCC1. The molecule has 1 aromatic rings. The lowest BCUT2D eigenvalue weighted by atomic mass is 9.93. The molecule has 4 heteroatoms. The second-order valence-electron chi connectivity index (χ2n) is 6.21. The zero-order valence-corrected chi connectivity index (χ0v) is 12.9. The summed E-state index contributed by atoms with van der Waals surface area (Å²) >= 11 is 0. The predicted molar refractivity (Wildman–Crippen MR) is 89.0 cm³/mol. The van der Waals surface area contributed by atoms with Gasteiger partial charge in [-0.3, -0.25) is 4.79 Å². The van der Waals surface area contributed by atoms with Crippen LogP contribution in [0.2, 0.25) is 0 Å². The van der Waals surface area contributed by atoms with Crippen LogP contribution in [-0.2, 0) is 4.79 Å². The van der Waals surface area contributed by atoms with Crippen molar-refractivity contribution in [3.05, 3.63) is 36.4 Å². The molecule has 0 radical (unpaired) electrons. The van der Waals surface area contributed by atoms with Gasteiger partial charge in [0, 0.05) is 19.0 Å². The maximum Gasteiger partial charge on any atom is 0.227 e. The summed E-state index contributed by atoms with van der Waals surface area (Å²) in [5.41, 5.74) is 1.95. The molecular weight excluding hydrogens is 276 g/mol. The Balaban J connectivity index is 1.71. The van der Waals surface area contributed by atoms with Crippen molar-refractivity contribution in [3.8, 4) is 0 Å². The van der Waals surface area contributed by atoms with Gasteiger partial charge >= 0.3 is 0 Å². The van der Waals surface area contributed by atoms with Crippen molar-refractivity contribution in [1.29, 1.82) is 0 Å². The minimum Gasteiger partial charge on any atom is -0.393 e. The molecule has 3 rings (SSSR count). The summed E-state index contributed by atoms with van der Waals surface area (Å²) in [5.74, 6) is 0.204. The van der Waals surface area contributed by atoms with Crippen LogP contribution in [0.1, 0.15) is 32.1 Å². The van der Waals surface area contributed by atoms with Crippen LogP contribution in [0.25, 0.3) is 0 Å². The molecule has 22 heavy (non-hydrogen) atoms. The van der Waals surface area contributed by atoms with E-state index < -0.39 is 0 Å². The molecule has 1 fully saturated rings. The molecular formula is C18H24N2O2. The number of carbonyl (C=O) groups is 1. The van der Waals surface area contributed by atoms with E-state index in [-0.39, 0.29) is 17.9 Å². The number of nitrogens with zero attached hydrogens (tertiary/aromatic N) is 1. The second-order valence-corrected chi connectivity index (χ2v) is 6.21. The largest absolute Gasteiger partial charge is 0.393 e. The van der Waals surface area contributed by atoms with Gasteiger partial charge in [0.2, 0.25) is 5.91 Å². The average Bonchev–Trinajstić information content (AvgIpc) is 2.57. The Morgan fingerprint density at radius 1 is 1.14 bits per heavy atom. The highest BCUT2D eigenvalue weighted by Gasteiger charge is 2.22. The molecule has 1 aromatic carbocycles. The summed E-state index contributed by atoms with van der Waals surface area (Å²) in [7, 11) is 0. The third kappa shape index (κ3) is 3.50. The first-order valence-corrected chi connectivity index (χ1v) is 8.22. The standard InChI is InChI=1S/C18H24N2O2/c21-15-10-12-20(13-11-15)17-9-5-4-8-16(17)19-18(22)14-6-2-1-3-7-14/h1-2,4-5,8-9,14-15,21H,3,6-7,10-13H2,(H,19,22). The maximum absolute atomic E-state index is 12.5. The monoisotopic (exact) mass is 300 g/mol. The lowest BCUT2D eigenvalue weighted by molar-refractivity contribution is -0.120. The van der Waals surface area contributed by atoms with Crippen LogP contribution in [0.5, 0.6) is 0 Å². The molecule has 2 aliphatic rings. The van der Waals surface area contributed by atoms with Crippen molar-refractivity contribution in [1.82, 2.24) is 0 Å². The fourth-order valence-electron chi connectivity index (χ4n) is 3.23. The molecule has 0 saturated carbocycles. The number of aliphatic hydroxyl groups excluding tert-OH is 1. The number of anilines is 2. The van der Waals surface area contributed by atoms with E-state index in [9.17, 15) is 9.90 Å². The van der Waals surface area contributed by atoms with E-state index in [1.165, 1.54) is 0 Å². The summed E-state index contributed by atoms with van der Waals surface area (Å²) in [6.45, 7) is 1.67. The number of allylic oxidation sites excluding steroid dienone is 2. The van der Waals surface area contributed by atoms with Gasteiger partial charge in [0.25, 0.3) is 0 Å². The van der Waals surface area contributed by atoms with E-state index in [1.807, 2.05) is 24.3 Å². The van der Waals surface area contributed by atoms with Crippen LogP contribution in [0.15, 0.2) is 36.4 Å². The van der Waals surface area contributed by atoms with Gasteiger partial charge in [0.05, 0.1) is 17.5 Å². The van der Waals surface area contributed by atoms with Crippen LogP contribution < -0.4 is 10.2 Å². The number of para-hydroxylation sites is 2. The number of rotatable bonds is 3. The number of piperidine rings is 1. The highest BCUT2D eigenvalue weighted by atomic mass is 16.3. The lowest BCUT2D eigenvalue weighted by Crippen LogP contribution is -2.36. The van der Waals surface area contributed by atoms with E-state index in [1.54, 1.807) is 0 Å². The number of hydrogen-bond acceptors (Lipinski definition) is 3. The molecule has 0 spiro atoms. The van der Waals surface area contributed by atoms with Gasteiger partial charge in [-0.2, -0.15) is 0 Å². The molecule has 118 valence electrons. The van der Waals surface area contributed by atoms with Gasteiger partial charge < -0.3 is 15.3 Å². The Kier molecular flexibility index (Phi) is 4.78. The van der Waals surface area contributed by atoms with Crippen molar-refractivity contribution < 1.29 is 9.90 Å². The van der Waals surface area contributed by atoms with Crippen molar-refractivity contribution in [3.63, 3.8) is 0 Å². The number of nitrogens with one attached hydrogen (secondary N) is 1. The van der Waals surface area contributed by atoms with Gasteiger partial charge in [-0.05, 0) is 44.2 Å². The van der Waals surface area contributed by atoms with E-state index in [4.69, 9.17) is 0 Å². The van der Waals surface area contributed by atoms with Gasteiger partial charge in [0.1, 0.15) is 0 Å². The fourth-order valence-corrected chi connectivity index (χ4v) is 3.23. The maximum atomic E-state index is 12.5. The number of benzene rings is 1. The molecule has 0 bridgehead atoms. The predicted octanol–water partition coefficient (Wildman–Crippen LogP) is 2.94. The van der Waals surface area contributed by atoms with Crippen molar-refractivity contribution in [2.75, 3.05) is 23.3 Å². The van der Waals surface area contributed by atoms with Crippen LogP contribution in [-0.4, -0.2) is 30.2 Å². The molecule has 1 heterocycles. The van der Waals surface area contributed by atoms with E-state index in [0.717, 1.165) is 56.6 Å². The molecule has 1 aliphatic carbocycles. The summed E-state index contributed by atoms with van der Waals surface area (Å²) in [6.07, 6.45) is 8.40. The highest BCUT2D eigenvalue weighted by Crippen LogP contribution is 2.29. The Labute approximate surface area is 131 Å². The first kappa shape index (κ1) is 15.1. The van der Waals surface area contributed by atoms with E-state index in [2.05, 4.69) is 22.4 Å². The smallest absolute Gasteiger partial charge is 0.227 e. The highest BCUT2D eigenvalue weighted by molar-refractivity contribution is 5.96. The molecule has 4 nitrogen and oxygen atoms in total. The summed E-state index contributed by atoms with van der Waals surface area (Å²) in [4.78, 5) is 14.7. The first-order valence-electron chi connectivity index (χ1n) is 8.22. The van der Waals surface area contributed by atoms with Crippen molar-refractivity contribution in [2.45, 2.75) is 38.2 Å². The number of amides is 1. The van der Waals surface area contributed by atoms with Gasteiger partial charge in [-0.1, -0.05) is 24.3 Å². The molecule has 1 saturated heterocycles. The Morgan fingerprint density at radius 3 is 2.64 bits per heavy atom. The molecule has 1 unspecified atom stereocenters. The Bertz CT molecular complexity index is 548. The zero-order valence-electron chi connectivity index (χ0n) is 12.9. The van der Waals surface area contributed by atoms with Crippen molar-refractivity contribution in [2.24, 2.45) is 5.92 Å². The minimum atomic E-state index is -0.188. The fraction of sp³-hybridized carbons (Fsp3) is 0.500. The van der Waals surface area contributed by atoms with E-state index >= 15 is 0 Å².